The van der Waals surface area contributed by atoms with Gasteiger partial charge in [0.05, 0.1) is 19.1 Å². The third-order valence-electron chi connectivity index (χ3n) is 10.3. The Morgan fingerprint density at radius 2 is 1.85 bits per heavy atom. The van der Waals surface area contributed by atoms with Crippen molar-refractivity contribution in [2.24, 2.45) is 16.8 Å². The largest absolute Gasteiger partial charge is 0.497 e. The van der Waals surface area contributed by atoms with Gasteiger partial charge in [-0.25, -0.2) is 4.79 Å². The van der Waals surface area contributed by atoms with Gasteiger partial charge in [0.2, 0.25) is 5.91 Å². The lowest BCUT2D eigenvalue weighted by molar-refractivity contribution is -0.131. The number of rotatable bonds is 9. The Morgan fingerprint density at radius 1 is 1.08 bits per heavy atom. The Labute approximate surface area is 285 Å². The average Bonchev–Trinajstić information content (AvgIpc) is 3.56. The van der Waals surface area contributed by atoms with Crippen LogP contribution in [0.25, 0.3) is 6.08 Å². The summed E-state index contributed by atoms with van der Waals surface area (Å²) in [6, 6.07) is 6.94. The Balaban J connectivity index is 1.13. The van der Waals surface area contributed by atoms with Crippen molar-refractivity contribution in [3.05, 3.63) is 92.8 Å². The van der Waals surface area contributed by atoms with Gasteiger partial charge in [0, 0.05) is 36.5 Å². The highest BCUT2D eigenvalue weighted by molar-refractivity contribution is 8.19. The van der Waals surface area contributed by atoms with Gasteiger partial charge in [0.1, 0.15) is 11.3 Å². The van der Waals surface area contributed by atoms with E-state index in [0.717, 1.165) is 29.7 Å². The fraction of sp³-hybridized carbons (Fsp3) is 0.421. The van der Waals surface area contributed by atoms with Crippen LogP contribution in [-0.2, 0) is 19.1 Å². The van der Waals surface area contributed by atoms with Crippen molar-refractivity contribution < 1.29 is 24.2 Å². The van der Waals surface area contributed by atoms with Crippen LogP contribution in [0.2, 0.25) is 0 Å². The zero-order valence-electron chi connectivity index (χ0n) is 27.5. The van der Waals surface area contributed by atoms with Crippen LogP contribution in [0.3, 0.4) is 0 Å². The van der Waals surface area contributed by atoms with Crippen LogP contribution in [0.5, 0.6) is 0 Å². The number of anilines is 1. The second-order valence-corrected chi connectivity index (χ2v) is 14.5. The van der Waals surface area contributed by atoms with Crippen molar-refractivity contribution in [2.75, 3.05) is 32.1 Å². The molecule has 0 saturated heterocycles. The lowest BCUT2D eigenvalue weighted by atomic mass is 9.75. The van der Waals surface area contributed by atoms with Crippen LogP contribution in [0.4, 0.5) is 5.69 Å². The summed E-state index contributed by atoms with van der Waals surface area (Å²) in [4.78, 5) is 46.6. The number of hydrogen-bond acceptors (Lipinski definition) is 7. The van der Waals surface area contributed by atoms with Crippen molar-refractivity contribution in [1.82, 2.24) is 10.2 Å². The topological polar surface area (TPSA) is 120 Å². The zero-order chi connectivity index (χ0) is 33.4. The molecular weight excluding hydrogens is 625 g/mol. The first-order valence-corrected chi connectivity index (χ1v) is 17.9. The van der Waals surface area contributed by atoms with Crippen LogP contribution in [0.1, 0.15) is 63.9 Å². The molecule has 0 radical (unpaired) electrons. The number of allylic oxidation sites excluding steroid dienone is 5. The van der Waals surface area contributed by atoms with Crippen LogP contribution < -0.4 is 10.6 Å². The maximum atomic E-state index is 14.0. The van der Waals surface area contributed by atoms with E-state index >= 15 is 0 Å². The number of hydrogen-bond donors (Lipinski definition) is 3. The predicted molar refractivity (Wildman–Crippen MR) is 189 cm³/mol. The quantitative estimate of drug-likeness (QED) is 0.263. The highest BCUT2D eigenvalue weighted by Gasteiger charge is 2.48. The van der Waals surface area contributed by atoms with Crippen molar-refractivity contribution in [2.45, 2.75) is 63.8 Å². The molecule has 2 aliphatic heterocycles. The lowest BCUT2D eigenvalue weighted by Crippen LogP contribution is -2.62. The lowest BCUT2D eigenvalue weighted by Gasteiger charge is -2.41. The Bertz CT molecular complexity index is 1750. The molecule has 2 fully saturated rings. The fourth-order valence-corrected chi connectivity index (χ4v) is 8.92. The van der Waals surface area contributed by atoms with E-state index in [4.69, 9.17) is 14.8 Å². The minimum atomic E-state index is -1.02. The molecule has 0 bridgehead atoms. The van der Waals surface area contributed by atoms with Crippen LogP contribution in [-0.4, -0.2) is 65.1 Å². The van der Waals surface area contributed by atoms with Gasteiger partial charge in [-0.05, 0) is 103 Å². The summed E-state index contributed by atoms with van der Waals surface area (Å²) in [6.45, 7) is 3.83. The predicted octanol–water partition coefficient (Wildman–Crippen LogP) is 6.36. The normalized spacial score (nSPS) is 23.2. The number of aliphatic carboxylic acids is 1. The van der Waals surface area contributed by atoms with Gasteiger partial charge in [0.15, 0.2) is 5.04 Å². The number of ether oxygens (including phenoxy) is 1. The number of carbonyl (C=O) groups excluding carboxylic acids is 2. The van der Waals surface area contributed by atoms with Crippen molar-refractivity contribution in [3.8, 4) is 0 Å². The molecule has 1 atom stereocenters. The Morgan fingerprint density at radius 3 is 2.54 bits per heavy atom. The molecule has 2 heterocycles. The maximum absolute atomic E-state index is 14.0. The maximum Gasteiger partial charge on any atom is 0.328 e. The molecule has 1 aromatic carbocycles. The monoisotopic (exact) mass is 666 g/mol. The molecular formula is C38H42N4O5S. The zero-order valence-corrected chi connectivity index (χ0v) is 28.3. The third-order valence-corrected chi connectivity index (χ3v) is 11.5. The van der Waals surface area contributed by atoms with E-state index in [-0.39, 0.29) is 17.7 Å². The van der Waals surface area contributed by atoms with E-state index < -0.39 is 11.5 Å². The number of thioether (sulfide) groups is 1. The number of likely N-dealkylation sites (N-methyl/N-ethyl adjacent to an activating group) is 1. The van der Waals surface area contributed by atoms with Gasteiger partial charge in [0.25, 0.3) is 5.91 Å². The summed E-state index contributed by atoms with van der Waals surface area (Å²) in [5, 5.41) is 15.3. The molecule has 1 unspecified atom stereocenters. The highest BCUT2D eigenvalue weighted by Crippen LogP contribution is 2.57. The summed E-state index contributed by atoms with van der Waals surface area (Å²) in [5.41, 5.74) is 6.79. The van der Waals surface area contributed by atoms with E-state index in [2.05, 4.69) is 40.9 Å². The molecule has 1 aromatic rings. The molecule has 9 nitrogen and oxygen atoms in total. The first kappa shape index (κ1) is 32.2. The Hall–Kier alpha value is -4.31. The molecule has 0 aromatic heterocycles. The molecule has 2 amide bonds. The van der Waals surface area contributed by atoms with Gasteiger partial charge in [-0.3, -0.25) is 14.6 Å². The van der Waals surface area contributed by atoms with Crippen molar-refractivity contribution in [1.29, 1.82) is 0 Å². The minimum absolute atomic E-state index is 0.0760. The first-order valence-electron chi connectivity index (χ1n) is 17.1. The number of nitrogens with one attached hydrogen (secondary N) is 2. The van der Waals surface area contributed by atoms with Gasteiger partial charge in [-0.15, -0.1) is 0 Å². The number of benzene rings is 1. The SMILES string of the molecule is CCOC1=CC=C2C(C3CCCCC3)=C3C(=CN(C)CC4=C3SC(C(=O)NC3(C(=O)Nc5ccc(/C=C/C(=O)O)cc5)CCC3)=NC4)C12. The third kappa shape index (κ3) is 6.06. The molecule has 3 N–H and O–H groups in total. The summed E-state index contributed by atoms with van der Waals surface area (Å²) in [5.74, 6) is -0.0503. The first-order chi connectivity index (χ1) is 23.3. The van der Waals surface area contributed by atoms with Crippen molar-refractivity contribution in [3.63, 3.8) is 0 Å². The molecule has 0 spiro atoms. The second kappa shape index (κ2) is 13.3. The van der Waals surface area contributed by atoms with E-state index in [9.17, 15) is 14.4 Å². The highest BCUT2D eigenvalue weighted by atomic mass is 32.2. The van der Waals surface area contributed by atoms with Crippen LogP contribution >= 0.6 is 11.8 Å². The summed E-state index contributed by atoms with van der Waals surface area (Å²) >= 11 is 1.46. The van der Waals surface area contributed by atoms with Crippen molar-refractivity contribution >= 4 is 46.4 Å². The van der Waals surface area contributed by atoms with E-state index in [1.807, 2.05) is 6.92 Å². The molecule has 6 aliphatic rings. The van der Waals surface area contributed by atoms with E-state index in [1.165, 1.54) is 77.8 Å². The Kier molecular flexibility index (Phi) is 8.94. The van der Waals surface area contributed by atoms with E-state index in [0.29, 0.717) is 48.2 Å². The van der Waals surface area contributed by atoms with E-state index in [1.54, 1.807) is 24.3 Å². The summed E-state index contributed by atoms with van der Waals surface area (Å²) in [7, 11) is 2.11. The molecule has 48 heavy (non-hydrogen) atoms. The molecule has 10 heteroatoms. The molecule has 250 valence electrons. The molecule has 2 saturated carbocycles. The average molecular weight is 667 g/mol. The molecule has 7 rings (SSSR count). The summed E-state index contributed by atoms with van der Waals surface area (Å²) < 4.78 is 6.19. The standard InChI is InChI=1S/C38H42N4O5S/c1-3-47-29-16-15-27-31(24-8-5-4-6-9-24)33-28(32(27)29)22-42(2)21-25-20-39-36(48-34(25)33)35(45)41-38(18-7-19-38)37(46)40-26-13-10-23(11-14-26)12-17-30(43)44/h10-17,22,24,32H,3-9,18-21H2,1-2H3,(H,40,46)(H,41,45)(H,43,44)/b17-12+. The van der Waals surface area contributed by atoms with Gasteiger partial charge in [-0.1, -0.05) is 49.2 Å². The number of amides is 2. The number of carboxylic acids is 1. The minimum Gasteiger partial charge on any atom is -0.497 e. The van der Waals surface area contributed by atoms with Gasteiger partial charge >= 0.3 is 5.97 Å². The van der Waals surface area contributed by atoms with Gasteiger partial charge < -0.3 is 25.4 Å². The number of fused-ring (bicyclic) bond motifs is 4. The second-order valence-electron chi connectivity index (χ2n) is 13.5. The number of nitrogens with zero attached hydrogens (tertiary/aromatic N) is 2. The van der Waals surface area contributed by atoms with Gasteiger partial charge in [-0.2, -0.15) is 0 Å². The van der Waals surface area contributed by atoms with Crippen LogP contribution in [0, 0.1) is 11.8 Å². The number of carboxylic acid groups (broad SMARTS) is 1. The number of carbonyl (C=O) groups is 3. The summed E-state index contributed by atoms with van der Waals surface area (Å²) in [6.07, 6.45) is 17.3. The fourth-order valence-electron chi connectivity index (χ4n) is 7.85. The smallest absolute Gasteiger partial charge is 0.328 e. The number of aliphatic imine (C=N–C) groups is 1. The molecule has 4 aliphatic carbocycles. The van der Waals surface area contributed by atoms with Crippen LogP contribution in [0.15, 0.2) is 92.2 Å².